The van der Waals surface area contributed by atoms with Gasteiger partial charge in [0.2, 0.25) is 0 Å². The molecule has 3 heteroatoms. The van der Waals surface area contributed by atoms with Crippen molar-refractivity contribution in [3.8, 4) is 0 Å². The molecule has 0 rings (SSSR count). The van der Waals surface area contributed by atoms with Crippen molar-refractivity contribution in [2.45, 2.75) is 155 Å². The van der Waals surface area contributed by atoms with Gasteiger partial charge in [-0.05, 0) is 13.3 Å². The standard InChI is InChI=1S/C28H54O3/c1-4-5-6-7-8-9-10-11-12-13-14-15-16-17-18-19-20-21-22-23-24-25-26-30-31-28(29)27(2)3/h2,4-26H2,1,3H3. The molecule has 31 heavy (non-hydrogen) atoms. The molecule has 3 nitrogen and oxygen atoms in total. The zero-order chi connectivity index (χ0) is 22.8. The van der Waals surface area contributed by atoms with Crippen molar-refractivity contribution in [1.82, 2.24) is 0 Å². The van der Waals surface area contributed by atoms with Crippen LogP contribution in [0.4, 0.5) is 0 Å². The van der Waals surface area contributed by atoms with E-state index >= 15 is 0 Å². The first kappa shape index (κ1) is 30.2. The molecular formula is C28H54O3. The lowest BCUT2D eigenvalue weighted by Gasteiger charge is -2.04. The maximum Gasteiger partial charge on any atom is 0.368 e. The molecule has 0 amide bonds. The van der Waals surface area contributed by atoms with E-state index in [0.29, 0.717) is 12.2 Å². The van der Waals surface area contributed by atoms with Crippen LogP contribution in [0.2, 0.25) is 0 Å². The SMILES string of the molecule is C=C(C)C(=O)OOCCCCCCCCCCCCCCCCCCCCCCCC. The molecule has 184 valence electrons. The second kappa shape index (κ2) is 25.4. The lowest BCUT2D eigenvalue weighted by atomic mass is 10.0. The maximum absolute atomic E-state index is 11.1. The number of rotatable bonds is 25. The molecule has 0 saturated heterocycles. The molecule has 0 N–H and O–H groups in total. The largest absolute Gasteiger partial charge is 0.368 e. The minimum absolute atomic E-state index is 0.370. The monoisotopic (exact) mass is 438 g/mol. The number of carbonyl (C=O) groups excluding carboxylic acids is 1. The Morgan fingerprint density at radius 2 is 0.839 bits per heavy atom. The third kappa shape index (κ3) is 25.3. The van der Waals surface area contributed by atoms with E-state index in [-0.39, 0.29) is 0 Å². The maximum atomic E-state index is 11.1. The van der Waals surface area contributed by atoms with Gasteiger partial charge in [-0.3, -0.25) is 4.89 Å². The molecule has 0 aromatic carbocycles. The van der Waals surface area contributed by atoms with E-state index in [9.17, 15) is 4.79 Å². The molecule has 0 unspecified atom stereocenters. The molecular weight excluding hydrogens is 384 g/mol. The van der Waals surface area contributed by atoms with Gasteiger partial charge in [0.1, 0.15) is 0 Å². The number of hydrogen-bond donors (Lipinski definition) is 0. The second-order valence-corrected chi connectivity index (χ2v) is 9.40. The van der Waals surface area contributed by atoms with Crippen LogP contribution in [0.3, 0.4) is 0 Å². The first-order valence-corrected chi connectivity index (χ1v) is 13.7. The summed E-state index contributed by atoms with van der Waals surface area (Å²) in [5.41, 5.74) is 0.370. The Morgan fingerprint density at radius 1 is 0.548 bits per heavy atom. The normalized spacial score (nSPS) is 11.0. The summed E-state index contributed by atoms with van der Waals surface area (Å²) in [6, 6.07) is 0. The van der Waals surface area contributed by atoms with E-state index in [0.717, 1.165) is 12.8 Å². The summed E-state index contributed by atoms with van der Waals surface area (Å²) in [5.74, 6) is -0.473. The lowest BCUT2D eigenvalue weighted by Crippen LogP contribution is -2.06. The van der Waals surface area contributed by atoms with Gasteiger partial charge in [0, 0.05) is 5.57 Å². The van der Waals surface area contributed by atoms with Gasteiger partial charge in [0.05, 0.1) is 6.61 Å². The van der Waals surface area contributed by atoms with Crippen LogP contribution in [0.5, 0.6) is 0 Å². The van der Waals surface area contributed by atoms with Crippen LogP contribution in [-0.2, 0) is 14.6 Å². The second-order valence-electron chi connectivity index (χ2n) is 9.40. The van der Waals surface area contributed by atoms with Gasteiger partial charge in [0.25, 0.3) is 0 Å². The van der Waals surface area contributed by atoms with E-state index < -0.39 is 5.97 Å². The van der Waals surface area contributed by atoms with Gasteiger partial charge in [-0.25, -0.2) is 4.79 Å². The van der Waals surface area contributed by atoms with Crippen LogP contribution in [0.1, 0.15) is 155 Å². The van der Waals surface area contributed by atoms with Crippen molar-refractivity contribution in [3.63, 3.8) is 0 Å². The highest BCUT2D eigenvalue weighted by Gasteiger charge is 2.03. The van der Waals surface area contributed by atoms with E-state index in [1.165, 1.54) is 128 Å². The van der Waals surface area contributed by atoms with Crippen molar-refractivity contribution < 1.29 is 14.6 Å². The van der Waals surface area contributed by atoms with Gasteiger partial charge >= 0.3 is 5.97 Å². The molecule has 0 radical (unpaired) electrons. The average Bonchev–Trinajstić information content (AvgIpc) is 2.76. The predicted molar refractivity (Wildman–Crippen MR) is 134 cm³/mol. The molecule has 0 atom stereocenters. The Hall–Kier alpha value is -0.830. The molecule has 0 aliphatic carbocycles. The minimum atomic E-state index is -0.473. The molecule has 0 aromatic rings. The fraction of sp³-hybridized carbons (Fsp3) is 0.893. The van der Waals surface area contributed by atoms with E-state index in [4.69, 9.17) is 4.89 Å². The molecule has 0 fully saturated rings. The fourth-order valence-corrected chi connectivity index (χ4v) is 3.94. The first-order chi connectivity index (χ1) is 15.2. The highest BCUT2D eigenvalue weighted by atomic mass is 17.2. The van der Waals surface area contributed by atoms with Crippen LogP contribution in [0.15, 0.2) is 12.2 Å². The summed E-state index contributed by atoms with van der Waals surface area (Å²) in [6.07, 6.45) is 30.4. The van der Waals surface area contributed by atoms with Crippen LogP contribution in [0, 0.1) is 0 Å². The van der Waals surface area contributed by atoms with Crippen LogP contribution >= 0.6 is 0 Å². The number of unbranched alkanes of at least 4 members (excludes halogenated alkanes) is 21. The van der Waals surface area contributed by atoms with E-state index in [2.05, 4.69) is 18.4 Å². The van der Waals surface area contributed by atoms with Crippen molar-refractivity contribution in [2.24, 2.45) is 0 Å². The highest BCUT2D eigenvalue weighted by molar-refractivity contribution is 5.86. The molecule has 0 saturated carbocycles. The van der Waals surface area contributed by atoms with Crippen molar-refractivity contribution in [1.29, 1.82) is 0 Å². The average molecular weight is 439 g/mol. The summed E-state index contributed by atoms with van der Waals surface area (Å²) in [4.78, 5) is 20.6. The Morgan fingerprint density at radius 3 is 1.13 bits per heavy atom. The molecule has 0 aliphatic heterocycles. The molecule has 0 bridgehead atoms. The molecule has 0 aliphatic rings. The summed E-state index contributed by atoms with van der Waals surface area (Å²) >= 11 is 0. The summed E-state index contributed by atoms with van der Waals surface area (Å²) in [5, 5.41) is 0. The van der Waals surface area contributed by atoms with E-state index in [1.807, 2.05) is 0 Å². The van der Waals surface area contributed by atoms with Gasteiger partial charge in [-0.2, -0.15) is 4.89 Å². The van der Waals surface area contributed by atoms with Gasteiger partial charge in [0.15, 0.2) is 0 Å². The fourth-order valence-electron chi connectivity index (χ4n) is 3.94. The van der Waals surface area contributed by atoms with Gasteiger partial charge in [-0.15, -0.1) is 0 Å². The smallest absolute Gasteiger partial charge is 0.293 e. The third-order valence-electron chi connectivity index (χ3n) is 6.06. The molecule has 0 aromatic heterocycles. The quantitative estimate of drug-likeness (QED) is 0.0615. The predicted octanol–water partition coefficient (Wildman–Crippen LogP) is 9.64. The Bertz CT molecular complexity index is 392. The Kier molecular flexibility index (Phi) is 24.7. The molecule has 0 heterocycles. The molecule has 0 spiro atoms. The van der Waals surface area contributed by atoms with Crippen LogP contribution < -0.4 is 0 Å². The Labute approximate surface area is 194 Å². The first-order valence-electron chi connectivity index (χ1n) is 13.7. The highest BCUT2D eigenvalue weighted by Crippen LogP contribution is 2.15. The van der Waals surface area contributed by atoms with Crippen LogP contribution in [0.25, 0.3) is 0 Å². The topological polar surface area (TPSA) is 35.5 Å². The zero-order valence-electron chi connectivity index (χ0n) is 21.2. The summed E-state index contributed by atoms with van der Waals surface area (Å²) in [7, 11) is 0. The van der Waals surface area contributed by atoms with Crippen molar-refractivity contribution in [3.05, 3.63) is 12.2 Å². The van der Waals surface area contributed by atoms with E-state index in [1.54, 1.807) is 6.92 Å². The zero-order valence-corrected chi connectivity index (χ0v) is 21.2. The summed E-state index contributed by atoms with van der Waals surface area (Å²) in [6.45, 7) is 7.90. The Balaban J connectivity index is 3.05. The van der Waals surface area contributed by atoms with Crippen molar-refractivity contribution >= 4 is 5.97 Å². The number of hydrogen-bond acceptors (Lipinski definition) is 3. The van der Waals surface area contributed by atoms with Crippen LogP contribution in [-0.4, -0.2) is 12.6 Å². The van der Waals surface area contributed by atoms with Crippen molar-refractivity contribution in [2.75, 3.05) is 6.61 Å². The summed E-state index contributed by atoms with van der Waals surface area (Å²) < 4.78 is 0. The number of carbonyl (C=O) groups is 1. The van der Waals surface area contributed by atoms with Gasteiger partial charge < -0.3 is 0 Å². The van der Waals surface area contributed by atoms with Gasteiger partial charge in [-0.1, -0.05) is 148 Å². The minimum Gasteiger partial charge on any atom is -0.293 e. The lowest BCUT2D eigenvalue weighted by molar-refractivity contribution is -0.268. The third-order valence-corrected chi connectivity index (χ3v) is 6.06.